The third-order valence-corrected chi connectivity index (χ3v) is 3.14. The van der Waals surface area contributed by atoms with Crippen LogP contribution in [-0.4, -0.2) is 0 Å². The molecule has 1 nitrogen and oxygen atoms in total. The fraction of sp³-hybridized carbons (Fsp3) is 0.143. The summed E-state index contributed by atoms with van der Waals surface area (Å²) in [7, 11) is 0. The lowest BCUT2D eigenvalue weighted by Crippen LogP contribution is -2.04. The number of anilines is 1. The Morgan fingerprint density at radius 3 is 2.30 bits per heavy atom. The summed E-state index contributed by atoms with van der Waals surface area (Å²) in [6.45, 7) is 0.0516. The average Bonchev–Trinajstić information content (AvgIpc) is 2.37. The van der Waals surface area contributed by atoms with Crippen molar-refractivity contribution in [1.29, 1.82) is 0 Å². The Labute approximate surface area is 121 Å². The van der Waals surface area contributed by atoms with Gasteiger partial charge in [-0.15, -0.1) is 0 Å². The number of hydrogen-bond donors (Lipinski definition) is 1. The van der Waals surface area contributed by atoms with E-state index < -0.39 is 18.1 Å². The number of nitrogens with one attached hydrogen (secondary N) is 1. The Morgan fingerprint density at radius 1 is 1.05 bits per heavy atom. The van der Waals surface area contributed by atoms with Gasteiger partial charge < -0.3 is 5.32 Å². The van der Waals surface area contributed by atoms with Gasteiger partial charge >= 0.3 is 0 Å². The topological polar surface area (TPSA) is 12.0 Å². The quantitative estimate of drug-likeness (QED) is 0.742. The zero-order valence-electron chi connectivity index (χ0n) is 10.1. The van der Waals surface area contributed by atoms with Crippen molar-refractivity contribution in [2.75, 3.05) is 5.32 Å². The summed E-state index contributed by atoms with van der Waals surface area (Å²) in [5, 5.41) is 2.58. The van der Waals surface area contributed by atoms with Crippen molar-refractivity contribution in [1.82, 2.24) is 0 Å². The number of benzene rings is 2. The molecule has 2 rings (SSSR count). The van der Waals surface area contributed by atoms with Crippen LogP contribution in [0.4, 0.5) is 23.2 Å². The molecule has 0 amide bonds. The summed E-state index contributed by atoms with van der Waals surface area (Å²) in [5.74, 6) is -1.50. The number of rotatable bonds is 4. The minimum absolute atomic E-state index is 0.0516. The molecule has 0 heterocycles. The zero-order valence-corrected chi connectivity index (χ0v) is 11.7. The predicted octanol–water partition coefficient (Wildman–Crippen LogP) is 5.28. The van der Waals surface area contributed by atoms with Gasteiger partial charge in [-0.2, -0.15) is 0 Å². The normalized spacial score (nSPS) is 10.9. The average molecular weight is 348 g/mol. The van der Waals surface area contributed by atoms with Crippen molar-refractivity contribution >= 4 is 21.6 Å². The fourth-order valence-corrected chi connectivity index (χ4v) is 2.14. The molecule has 0 spiro atoms. The van der Waals surface area contributed by atoms with E-state index in [1.54, 1.807) is 6.07 Å². The lowest BCUT2D eigenvalue weighted by molar-refractivity contribution is 0.151. The zero-order chi connectivity index (χ0) is 14.7. The minimum Gasteiger partial charge on any atom is -0.376 e. The van der Waals surface area contributed by atoms with Gasteiger partial charge in [0.15, 0.2) is 0 Å². The SMILES string of the molecule is Fc1cc(Br)cc(F)c1NCc1cccc(C(F)F)c1. The fourth-order valence-electron chi connectivity index (χ4n) is 1.74. The Kier molecular flexibility index (Phi) is 4.65. The maximum atomic E-state index is 13.6. The Balaban J connectivity index is 2.15. The van der Waals surface area contributed by atoms with Crippen molar-refractivity contribution in [3.63, 3.8) is 0 Å². The molecular weight excluding hydrogens is 338 g/mol. The van der Waals surface area contributed by atoms with E-state index in [-0.39, 0.29) is 22.3 Å². The lowest BCUT2D eigenvalue weighted by atomic mass is 10.1. The van der Waals surface area contributed by atoms with Gasteiger partial charge in [0.1, 0.15) is 17.3 Å². The summed E-state index contributed by atoms with van der Waals surface area (Å²) in [5.41, 5.74) is 0.112. The van der Waals surface area contributed by atoms with Gasteiger partial charge in [0.25, 0.3) is 6.43 Å². The summed E-state index contributed by atoms with van der Waals surface area (Å²) in [4.78, 5) is 0. The van der Waals surface area contributed by atoms with Gasteiger partial charge in [-0.05, 0) is 23.8 Å². The van der Waals surface area contributed by atoms with Gasteiger partial charge in [0.05, 0.1) is 0 Å². The first-order valence-electron chi connectivity index (χ1n) is 5.73. The molecule has 0 aliphatic heterocycles. The van der Waals surface area contributed by atoms with Crippen molar-refractivity contribution in [2.24, 2.45) is 0 Å². The summed E-state index contributed by atoms with van der Waals surface area (Å²) >= 11 is 2.98. The molecule has 0 fully saturated rings. The summed E-state index contributed by atoms with van der Waals surface area (Å²) < 4.78 is 52.5. The highest BCUT2D eigenvalue weighted by Gasteiger charge is 2.11. The maximum Gasteiger partial charge on any atom is 0.263 e. The molecule has 0 radical (unpaired) electrons. The van der Waals surface area contributed by atoms with Crippen LogP contribution in [0, 0.1) is 11.6 Å². The van der Waals surface area contributed by atoms with Crippen LogP contribution in [0.2, 0.25) is 0 Å². The minimum atomic E-state index is -2.57. The third kappa shape index (κ3) is 3.50. The van der Waals surface area contributed by atoms with Crippen LogP contribution in [0.3, 0.4) is 0 Å². The monoisotopic (exact) mass is 347 g/mol. The van der Waals surface area contributed by atoms with E-state index in [1.165, 1.54) is 18.2 Å². The van der Waals surface area contributed by atoms with Crippen LogP contribution in [0.15, 0.2) is 40.9 Å². The first kappa shape index (κ1) is 14.8. The summed E-state index contributed by atoms with van der Waals surface area (Å²) in [6.07, 6.45) is -2.57. The number of halogens is 5. The van der Waals surface area contributed by atoms with E-state index >= 15 is 0 Å². The van der Waals surface area contributed by atoms with Crippen molar-refractivity contribution in [3.05, 3.63) is 63.6 Å². The van der Waals surface area contributed by atoms with Gasteiger partial charge in [-0.1, -0.05) is 34.1 Å². The first-order valence-corrected chi connectivity index (χ1v) is 6.52. The van der Waals surface area contributed by atoms with E-state index in [2.05, 4.69) is 21.2 Å². The largest absolute Gasteiger partial charge is 0.376 e. The molecule has 2 aromatic carbocycles. The summed E-state index contributed by atoms with van der Waals surface area (Å²) in [6, 6.07) is 7.93. The molecule has 0 unspecified atom stereocenters. The molecule has 0 bridgehead atoms. The van der Waals surface area contributed by atoms with Gasteiger partial charge in [0.2, 0.25) is 0 Å². The smallest absolute Gasteiger partial charge is 0.263 e. The van der Waals surface area contributed by atoms with Crippen LogP contribution in [0.1, 0.15) is 17.6 Å². The van der Waals surface area contributed by atoms with Crippen molar-refractivity contribution in [2.45, 2.75) is 13.0 Å². The lowest BCUT2D eigenvalue weighted by Gasteiger charge is -2.10. The Morgan fingerprint density at radius 2 is 1.70 bits per heavy atom. The maximum absolute atomic E-state index is 13.6. The van der Waals surface area contributed by atoms with Crippen LogP contribution >= 0.6 is 15.9 Å². The molecule has 0 aromatic heterocycles. The molecule has 0 saturated heterocycles. The van der Waals surface area contributed by atoms with Gasteiger partial charge in [0, 0.05) is 16.6 Å². The van der Waals surface area contributed by atoms with E-state index in [4.69, 9.17) is 0 Å². The van der Waals surface area contributed by atoms with Crippen LogP contribution in [0.5, 0.6) is 0 Å². The molecule has 0 aliphatic carbocycles. The number of hydrogen-bond acceptors (Lipinski definition) is 1. The molecule has 106 valence electrons. The third-order valence-electron chi connectivity index (χ3n) is 2.68. The highest BCUT2D eigenvalue weighted by molar-refractivity contribution is 9.10. The van der Waals surface area contributed by atoms with E-state index in [9.17, 15) is 17.6 Å². The van der Waals surface area contributed by atoms with E-state index in [1.807, 2.05) is 0 Å². The molecule has 20 heavy (non-hydrogen) atoms. The molecule has 2 aromatic rings. The van der Waals surface area contributed by atoms with Gasteiger partial charge in [-0.25, -0.2) is 17.6 Å². The van der Waals surface area contributed by atoms with Crippen LogP contribution in [-0.2, 0) is 6.54 Å². The molecule has 6 heteroatoms. The molecular formula is C14H10BrF4N. The standard InChI is InChI=1S/C14H10BrF4N/c15-10-5-11(16)13(12(17)6-10)20-7-8-2-1-3-9(4-8)14(18)19/h1-6,14,20H,7H2. The van der Waals surface area contributed by atoms with Crippen LogP contribution < -0.4 is 5.32 Å². The molecule has 1 N–H and O–H groups in total. The first-order chi connectivity index (χ1) is 9.47. The molecule has 0 saturated carbocycles. The Bertz CT molecular complexity index is 593. The second-order valence-corrected chi connectivity index (χ2v) is 5.06. The molecule has 0 atom stereocenters. The second-order valence-electron chi connectivity index (χ2n) is 4.14. The van der Waals surface area contributed by atoms with Gasteiger partial charge in [-0.3, -0.25) is 0 Å². The second kappa shape index (κ2) is 6.26. The Hall–Kier alpha value is -1.56. The highest BCUT2D eigenvalue weighted by Crippen LogP contribution is 2.25. The highest BCUT2D eigenvalue weighted by atomic mass is 79.9. The van der Waals surface area contributed by atoms with Crippen molar-refractivity contribution in [3.8, 4) is 0 Å². The van der Waals surface area contributed by atoms with Crippen molar-refractivity contribution < 1.29 is 17.6 Å². The molecule has 0 aliphatic rings. The predicted molar refractivity (Wildman–Crippen MR) is 72.8 cm³/mol. The van der Waals surface area contributed by atoms with E-state index in [0.29, 0.717) is 5.56 Å². The van der Waals surface area contributed by atoms with E-state index in [0.717, 1.165) is 12.1 Å². The number of alkyl halides is 2. The van der Waals surface area contributed by atoms with Crippen LogP contribution in [0.25, 0.3) is 0 Å².